The Kier molecular flexibility index (Phi) is 4.45. The van der Waals surface area contributed by atoms with Crippen molar-refractivity contribution in [2.45, 2.75) is 0 Å². The molecule has 1 N–H and O–H groups in total. The van der Waals surface area contributed by atoms with Crippen molar-refractivity contribution in [2.24, 2.45) is 0 Å². The lowest BCUT2D eigenvalue weighted by Crippen LogP contribution is -2.46. The highest BCUT2D eigenvalue weighted by Crippen LogP contribution is 2.01. The van der Waals surface area contributed by atoms with E-state index in [0.717, 1.165) is 26.2 Å². The largest absolute Gasteiger partial charge is 0.335 e. The van der Waals surface area contributed by atoms with Crippen molar-refractivity contribution >= 4 is 18.3 Å². The molecule has 6 heteroatoms. The minimum atomic E-state index is -0.00565. The number of amides is 1. The number of nitrogens with zero attached hydrogens (tertiary/aromatic N) is 3. The predicted molar refractivity (Wildman–Crippen MR) is 58.1 cm³/mol. The molecule has 1 aliphatic heterocycles. The summed E-state index contributed by atoms with van der Waals surface area (Å²) in [5.74, 6) is -0.00565. The molecular weight excluding hydrogens is 216 g/mol. The van der Waals surface area contributed by atoms with Crippen LogP contribution in [0.5, 0.6) is 0 Å². The van der Waals surface area contributed by atoms with Crippen LogP contribution in [0.4, 0.5) is 0 Å². The highest BCUT2D eigenvalue weighted by molar-refractivity contribution is 5.92. The Labute approximate surface area is 94.3 Å². The second kappa shape index (κ2) is 5.63. The second-order valence-electron chi connectivity index (χ2n) is 3.14. The SMILES string of the molecule is Cl.O=C(c1ccncn1)N1CCNCC1. The summed E-state index contributed by atoms with van der Waals surface area (Å²) in [7, 11) is 0. The van der Waals surface area contributed by atoms with Crippen LogP contribution in [0.25, 0.3) is 0 Å². The fourth-order valence-corrected chi connectivity index (χ4v) is 1.45. The molecule has 5 nitrogen and oxygen atoms in total. The molecule has 1 fully saturated rings. The van der Waals surface area contributed by atoms with Gasteiger partial charge in [0, 0.05) is 32.4 Å². The van der Waals surface area contributed by atoms with E-state index in [4.69, 9.17) is 0 Å². The van der Waals surface area contributed by atoms with Crippen LogP contribution in [0.15, 0.2) is 18.6 Å². The van der Waals surface area contributed by atoms with E-state index >= 15 is 0 Å². The van der Waals surface area contributed by atoms with Gasteiger partial charge in [0.2, 0.25) is 0 Å². The third-order valence-electron chi connectivity index (χ3n) is 2.21. The number of carbonyl (C=O) groups excluding carboxylic acids is 1. The van der Waals surface area contributed by atoms with Gasteiger partial charge in [0.1, 0.15) is 12.0 Å². The van der Waals surface area contributed by atoms with E-state index in [0.29, 0.717) is 5.69 Å². The summed E-state index contributed by atoms with van der Waals surface area (Å²) < 4.78 is 0. The van der Waals surface area contributed by atoms with Crippen LogP contribution in [0, 0.1) is 0 Å². The summed E-state index contributed by atoms with van der Waals surface area (Å²) >= 11 is 0. The molecule has 1 amide bonds. The van der Waals surface area contributed by atoms with E-state index in [1.54, 1.807) is 17.2 Å². The zero-order chi connectivity index (χ0) is 9.80. The molecule has 1 aliphatic rings. The number of halogens is 1. The predicted octanol–water partition coefficient (Wildman–Crippen LogP) is -0.0562. The van der Waals surface area contributed by atoms with E-state index in [2.05, 4.69) is 15.3 Å². The monoisotopic (exact) mass is 228 g/mol. The smallest absolute Gasteiger partial charge is 0.272 e. The van der Waals surface area contributed by atoms with E-state index in [1.165, 1.54) is 6.33 Å². The van der Waals surface area contributed by atoms with Gasteiger partial charge < -0.3 is 10.2 Å². The maximum Gasteiger partial charge on any atom is 0.272 e. The first-order valence-electron chi connectivity index (χ1n) is 4.64. The summed E-state index contributed by atoms with van der Waals surface area (Å²) in [4.78, 5) is 21.3. The van der Waals surface area contributed by atoms with Crippen molar-refractivity contribution in [1.29, 1.82) is 0 Å². The normalized spacial score (nSPS) is 15.6. The molecule has 1 saturated heterocycles. The highest BCUT2D eigenvalue weighted by atomic mass is 35.5. The molecule has 0 aromatic carbocycles. The van der Waals surface area contributed by atoms with Crippen molar-refractivity contribution in [3.05, 3.63) is 24.3 Å². The van der Waals surface area contributed by atoms with Crippen LogP contribution in [0.3, 0.4) is 0 Å². The number of hydrogen-bond acceptors (Lipinski definition) is 4. The summed E-state index contributed by atoms with van der Waals surface area (Å²) in [6.45, 7) is 3.22. The molecular formula is C9H13ClN4O. The van der Waals surface area contributed by atoms with Crippen LogP contribution in [0.1, 0.15) is 10.5 Å². The average molecular weight is 229 g/mol. The molecule has 1 aromatic rings. The molecule has 1 aromatic heterocycles. The van der Waals surface area contributed by atoms with Gasteiger partial charge in [-0.15, -0.1) is 12.4 Å². The number of hydrogen-bond donors (Lipinski definition) is 1. The molecule has 15 heavy (non-hydrogen) atoms. The molecule has 0 bridgehead atoms. The van der Waals surface area contributed by atoms with Gasteiger partial charge in [-0.25, -0.2) is 9.97 Å². The first-order valence-corrected chi connectivity index (χ1v) is 4.64. The quantitative estimate of drug-likeness (QED) is 0.732. The van der Waals surface area contributed by atoms with Gasteiger partial charge in [0.05, 0.1) is 0 Å². The fraction of sp³-hybridized carbons (Fsp3) is 0.444. The van der Waals surface area contributed by atoms with Crippen LogP contribution in [-0.4, -0.2) is 47.0 Å². The van der Waals surface area contributed by atoms with Gasteiger partial charge in [-0.05, 0) is 6.07 Å². The fourth-order valence-electron chi connectivity index (χ4n) is 1.45. The second-order valence-corrected chi connectivity index (χ2v) is 3.14. The lowest BCUT2D eigenvalue weighted by molar-refractivity contribution is 0.0729. The van der Waals surface area contributed by atoms with Gasteiger partial charge in [0.15, 0.2) is 0 Å². The molecule has 0 radical (unpaired) electrons. The van der Waals surface area contributed by atoms with Gasteiger partial charge in [-0.3, -0.25) is 4.79 Å². The lowest BCUT2D eigenvalue weighted by Gasteiger charge is -2.26. The Hall–Kier alpha value is -1.20. The van der Waals surface area contributed by atoms with Gasteiger partial charge in [0.25, 0.3) is 5.91 Å². The zero-order valence-corrected chi connectivity index (χ0v) is 9.04. The van der Waals surface area contributed by atoms with Crippen molar-refractivity contribution in [3.8, 4) is 0 Å². The maximum absolute atomic E-state index is 11.8. The average Bonchev–Trinajstić information content (AvgIpc) is 2.30. The molecule has 0 saturated carbocycles. The zero-order valence-electron chi connectivity index (χ0n) is 8.22. The van der Waals surface area contributed by atoms with Crippen LogP contribution >= 0.6 is 12.4 Å². The summed E-state index contributed by atoms with van der Waals surface area (Å²) in [6, 6.07) is 1.64. The number of aromatic nitrogens is 2. The van der Waals surface area contributed by atoms with Crippen LogP contribution in [-0.2, 0) is 0 Å². The van der Waals surface area contributed by atoms with Gasteiger partial charge in [-0.1, -0.05) is 0 Å². The van der Waals surface area contributed by atoms with Crippen molar-refractivity contribution in [3.63, 3.8) is 0 Å². The summed E-state index contributed by atoms with van der Waals surface area (Å²) in [6.07, 6.45) is 2.98. The molecule has 2 heterocycles. The lowest BCUT2D eigenvalue weighted by atomic mass is 10.3. The van der Waals surface area contributed by atoms with Crippen LogP contribution in [0.2, 0.25) is 0 Å². The number of nitrogens with one attached hydrogen (secondary N) is 1. The van der Waals surface area contributed by atoms with Gasteiger partial charge in [-0.2, -0.15) is 0 Å². The highest BCUT2D eigenvalue weighted by Gasteiger charge is 2.18. The molecule has 0 spiro atoms. The van der Waals surface area contributed by atoms with Crippen molar-refractivity contribution < 1.29 is 4.79 Å². The van der Waals surface area contributed by atoms with E-state index < -0.39 is 0 Å². The molecule has 0 unspecified atom stereocenters. The minimum Gasteiger partial charge on any atom is -0.335 e. The number of piperazine rings is 1. The summed E-state index contributed by atoms with van der Waals surface area (Å²) in [5, 5.41) is 3.19. The topological polar surface area (TPSA) is 58.1 Å². The van der Waals surface area contributed by atoms with Gasteiger partial charge >= 0.3 is 0 Å². The number of rotatable bonds is 1. The van der Waals surface area contributed by atoms with Crippen LogP contribution < -0.4 is 5.32 Å². The van der Waals surface area contributed by atoms with Crippen molar-refractivity contribution in [2.75, 3.05) is 26.2 Å². The maximum atomic E-state index is 11.8. The Morgan fingerprint density at radius 1 is 1.40 bits per heavy atom. The minimum absolute atomic E-state index is 0. The first kappa shape index (κ1) is 11.9. The number of carbonyl (C=O) groups is 1. The Morgan fingerprint density at radius 2 is 2.13 bits per heavy atom. The summed E-state index contributed by atoms with van der Waals surface area (Å²) in [5.41, 5.74) is 0.474. The molecule has 0 aliphatic carbocycles. The molecule has 82 valence electrons. The Bertz CT molecular complexity index is 313. The Balaban J connectivity index is 0.00000112. The van der Waals surface area contributed by atoms with E-state index in [1.807, 2.05) is 0 Å². The molecule has 0 atom stereocenters. The standard InChI is InChI=1S/C9H12N4O.ClH/c14-9(8-1-2-11-7-12-8)13-5-3-10-4-6-13;/h1-2,7,10H,3-6H2;1H. The Morgan fingerprint density at radius 3 is 2.73 bits per heavy atom. The third kappa shape index (κ3) is 2.87. The molecule has 2 rings (SSSR count). The third-order valence-corrected chi connectivity index (χ3v) is 2.21. The first-order chi connectivity index (χ1) is 6.88. The van der Waals surface area contributed by atoms with Crippen molar-refractivity contribution in [1.82, 2.24) is 20.2 Å². The van der Waals surface area contributed by atoms with E-state index in [-0.39, 0.29) is 18.3 Å². The van der Waals surface area contributed by atoms with E-state index in [9.17, 15) is 4.79 Å².